The molecule has 0 aliphatic rings. The summed E-state index contributed by atoms with van der Waals surface area (Å²) in [6.45, 7) is 2.01. The van der Waals surface area contributed by atoms with Crippen LogP contribution in [0.5, 0.6) is 0 Å². The summed E-state index contributed by atoms with van der Waals surface area (Å²) in [4.78, 5) is 28.2. The monoisotopic (exact) mass is 717 g/mol. The Balaban J connectivity index is 0.00000288. The SMILES string of the molecule is CCCOC(=O)C(N)(c1ccc2c(C(=O)NCc3ccc(C(=N)N)cc3)cccc2c1)S(=O)(=O)c1cccc2cccnc12.Cl.Cl.O.O. The number of halogens is 2. The lowest BCUT2D eigenvalue weighted by Gasteiger charge is -2.28. The van der Waals surface area contributed by atoms with E-state index in [9.17, 15) is 18.0 Å². The summed E-state index contributed by atoms with van der Waals surface area (Å²) < 4.78 is 34.0. The largest absolute Gasteiger partial charge is 0.463 e. The highest BCUT2D eigenvalue weighted by Gasteiger charge is 2.52. The number of nitrogen functional groups attached to an aromatic ring is 1. The summed E-state index contributed by atoms with van der Waals surface area (Å²) in [6.07, 6.45) is 1.94. The van der Waals surface area contributed by atoms with Crippen molar-refractivity contribution in [2.24, 2.45) is 11.5 Å². The topological polar surface area (TPSA) is 241 Å². The molecule has 15 heteroatoms. The Bertz CT molecular complexity index is 2020. The highest BCUT2D eigenvalue weighted by Crippen LogP contribution is 2.37. The van der Waals surface area contributed by atoms with Crippen LogP contribution in [0.3, 0.4) is 0 Å². The second-order valence-electron chi connectivity index (χ2n) is 10.2. The minimum Gasteiger partial charge on any atom is -0.463 e. The minimum absolute atomic E-state index is 0. The highest BCUT2D eigenvalue weighted by atomic mass is 35.5. The van der Waals surface area contributed by atoms with Crippen molar-refractivity contribution in [3.8, 4) is 0 Å². The summed E-state index contributed by atoms with van der Waals surface area (Å²) in [7, 11) is -4.61. The number of carbonyl (C=O) groups is 2. The number of para-hydroxylation sites is 1. The van der Waals surface area contributed by atoms with Gasteiger partial charge in [0.05, 0.1) is 17.0 Å². The molecule has 1 aromatic heterocycles. The van der Waals surface area contributed by atoms with Crippen LogP contribution in [-0.2, 0) is 30.8 Å². The van der Waals surface area contributed by atoms with Gasteiger partial charge >= 0.3 is 5.97 Å². The average Bonchev–Trinajstić information content (AvgIpc) is 3.04. The molecule has 0 aliphatic carbocycles. The maximum absolute atomic E-state index is 14.3. The summed E-state index contributed by atoms with van der Waals surface area (Å²) in [5.74, 6) is -1.51. The van der Waals surface area contributed by atoms with E-state index in [1.807, 2.05) is 0 Å². The molecule has 1 atom stereocenters. The van der Waals surface area contributed by atoms with Crippen molar-refractivity contribution >= 4 is 74.0 Å². The Morgan fingerprint density at radius 2 is 1.56 bits per heavy atom. The van der Waals surface area contributed by atoms with Crippen LogP contribution in [0.2, 0.25) is 0 Å². The molecule has 12 nitrogen and oxygen atoms in total. The smallest absolute Gasteiger partial charge is 0.347 e. The van der Waals surface area contributed by atoms with Gasteiger partial charge in [-0.3, -0.25) is 20.9 Å². The lowest BCUT2D eigenvalue weighted by molar-refractivity contribution is -0.147. The zero-order chi connectivity index (χ0) is 31.5. The maximum atomic E-state index is 14.3. The van der Waals surface area contributed by atoms with Gasteiger partial charge in [-0.05, 0) is 52.6 Å². The number of ether oxygens (including phenoxy) is 1. The molecule has 10 N–H and O–H groups in total. The number of amides is 1. The second-order valence-corrected chi connectivity index (χ2v) is 12.3. The molecule has 0 spiro atoms. The molecule has 4 aromatic carbocycles. The molecule has 5 aromatic rings. The lowest BCUT2D eigenvalue weighted by Crippen LogP contribution is -2.52. The van der Waals surface area contributed by atoms with Crippen LogP contribution in [0.1, 0.15) is 40.4 Å². The van der Waals surface area contributed by atoms with Crippen molar-refractivity contribution < 1.29 is 33.7 Å². The van der Waals surface area contributed by atoms with Gasteiger partial charge in [0, 0.05) is 29.3 Å². The van der Waals surface area contributed by atoms with E-state index in [0.717, 1.165) is 5.56 Å². The standard InChI is InChI=1S/C33H31N5O5S.2ClH.2H2O/c1-2-18-43-32(40)33(36,44(41,42)28-10-4-6-22-8-5-17-37-29(22)28)25-15-16-26-24(19-25)7-3-9-27(26)31(39)38-20-21-11-13-23(14-12-21)30(34)35;;;;/h3-17,19H,2,18,20,36H2,1H3,(H3,34,35)(H,38,39);2*1H;2*1H2. The number of sulfone groups is 1. The number of nitrogens with one attached hydrogen (secondary N) is 2. The third-order valence-corrected chi connectivity index (χ3v) is 9.48. The number of nitrogens with two attached hydrogens (primary N) is 2. The first-order valence-electron chi connectivity index (χ1n) is 13.9. The number of amidine groups is 1. The number of rotatable bonds is 10. The van der Waals surface area contributed by atoms with E-state index in [1.54, 1.807) is 79.7 Å². The van der Waals surface area contributed by atoms with Crippen LogP contribution in [0.4, 0.5) is 0 Å². The zero-order valence-corrected chi connectivity index (χ0v) is 28.2. The minimum atomic E-state index is -4.61. The first-order valence-corrected chi connectivity index (χ1v) is 15.4. The van der Waals surface area contributed by atoms with Crippen LogP contribution in [0.25, 0.3) is 21.7 Å². The Morgan fingerprint density at radius 3 is 2.23 bits per heavy atom. The molecule has 5 rings (SSSR count). The highest BCUT2D eigenvalue weighted by molar-refractivity contribution is 7.93. The fourth-order valence-electron chi connectivity index (χ4n) is 4.94. The third-order valence-electron chi connectivity index (χ3n) is 7.32. The Hall–Kier alpha value is -4.63. The van der Waals surface area contributed by atoms with Crippen molar-refractivity contribution in [2.45, 2.75) is 29.7 Å². The van der Waals surface area contributed by atoms with E-state index < -0.39 is 20.7 Å². The predicted molar refractivity (Wildman–Crippen MR) is 190 cm³/mol. The van der Waals surface area contributed by atoms with E-state index in [4.69, 9.17) is 21.6 Å². The molecule has 1 unspecified atom stereocenters. The number of hydrogen-bond acceptors (Lipinski definition) is 8. The molecule has 48 heavy (non-hydrogen) atoms. The van der Waals surface area contributed by atoms with Gasteiger partial charge in [-0.1, -0.05) is 73.7 Å². The van der Waals surface area contributed by atoms with Gasteiger partial charge in [-0.25, -0.2) is 13.2 Å². The number of fused-ring (bicyclic) bond motifs is 2. The Labute approximate surface area is 289 Å². The van der Waals surface area contributed by atoms with E-state index >= 15 is 0 Å². The van der Waals surface area contributed by atoms with Gasteiger partial charge in [0.2, 0.25) is 14.7 Å². The normalized spacial score (nSPS) is 11.8. The summed E-state index contributed by atoms with van der Waals surface area (Å²) >= 11 is 0. The maximum Gasteiger partial charge on any atom is 0.347 e. The zero-order valence-electron chi connectivity index (χ0n) is 25.7. The number of aromatic nitrogens is 1. The van der Waals surface area contributed by atoms with Crippen LogP contribution in [0.15, 0.2) is 102 Å². The second kappa shape index (κ2) is 17.0. The molecule has 0 aliphatic heterocycles. The fourth-order valence-corrected chi connectivity index (χ4v) is 6.69. The predicted octanol–water partition coefficient (Wildman–Crippen LogP) is 3.33. The molecule has 256 valence electrons. The number of pyridine rings is 1. The van der Waals surface area contributed by atoms with Gasteiger partial charge in [-0.15, -0.1) is 24.8 Å². The number of hydrogen-bond donors (Lipinski definition) is 4. The molecule has 0 saturated carbocycles. The summed E-state index contributed by atoms with van der Waals surface area (Å²) in [6, 6.07) is 24.6. The molecule has 0 bridgehead atoms. The lowest BCUT2D eigenvalue weighted by atomic mass is 9.98. The van der Waals surface area contributed by atoms with E-state index in [1.165, 1.54) is 24.4 Å². The number of esters is 1. The van der Waals surface area contributed by atoms with E-state index in [2.05, 4.69) is 10.3 Å². The van der Waals surface area contributed by atoms with Crippen molar-refractivity contribution in [1.82, 2.24) is 10.3 Å². The quantitative estimate of drug-likeness (QED) is 0.0946. The van der Waals surface area contributed by atoms with Gasteiger partial charge < -0.3 is 26.7 Å². The molecule has 1 heterocycles. The van der Waals surface area contributed by atoms with Crippen LogP contribution < -0.4 is 16.8 Å². The van der Waals surface area contributed by atoms with Crippen LogP contribution in [-0.4, -0.2) is 48.7 Å². The van der Waals surface area contributed by atoms with Gasteiger partial charge in [-0.2, -0.15) is 0 Å². The first kappa shape index (κ1) is 41.4. The first-order chi connectivity index (χ1) is 21.1. The molecule has 1 amide bonds. The van der Waals surface area contributed by atoms with Gasteiger partial charge in [0.1, 0.15) is 5.84 Å². The van der Waals surface area contributed by atoms with E-state index in [-0.39, 0.29) is 76.6 Å². The van der Waals surface area contributed by atoms with Gasteiger partial charge in [0.25, 0.3) is 5.91 Å². The molecule has 0 fully saturated rings. The Morgan fingerprint density at radius 1 is 0.917 bits per heavy atom. The van der Waals surface area contributed by atoms with Gasteiger partial charge in [0.15, 0.2) is 0 Å². The number of benzene rings is 4. The number of nitrogens with zero attached hydrogens (tertiary/aromatic N) is 1. The molecule has 0 saturated heterocycles. The summed E-state index contributed by atoms with van der Waals surface area (Å²) in [5.41, 5.74) is 14.1. The summed E-state index contributed by atoms with van der Waals surface area (Å²) in [5, 5.41) is 12.0. The molecule has 0 radical (unpaired) electrons. The van der Waals surface area contributed by atoms with Crippen molar-refractivity contribution in [3.63, 3.8) is 0 Å². The number of carbonyl (C=O) groups excluding carboxylic acids is 2. The van der Waals surface area contributed by atoms with Crippen LogP contribution >= 0.6 is 24.8 Å². The Kier molecular flexibility index (Phi) is 14.6. The third kappa shape index (κ3) is 7.73. The van der Waals surface area contributed by atoms with Crippen molar-refractivity contribution in [1.29, 1.82) is 5.41 Å². The molecular weight excluding hydrogens is 681 g/mol. The molecular formula is C33H37Cl2N5O7S. The fraction of sp³-hybridized carbons (Fsp3) is 0.152. The van der Waals surface area contributed by atoms with Crippen molar-refractivity contribution in [3.05, 3.63) is 119 Å². The van der Waals surface area contributed by atoms with E-state index in [0.29, 0.717) is 33.7 Å². The van der Waals surface area contributed by atoms with Crippen molar-refractivity contribution in [2.75, 3.05) is 6.61 Å². The van der Waals surface area contributed by atoms with Crippen LogP contribution in [0, 0.1) is 5.41 Å². The average molecular weight is 719 g/mol.